The zero-order valence-electron chi connectivity index (χ0n) is 13.3. The maximum atomic E-state index is 5.89. The Balaban J connectivity index is 3.18. The van der Waals surface area contributed by atoms with Crippen LogP contribution in [0.5, 0.6) is 0 Å². The predicted molar refractivity (Wildman–Crippen MR) is 86.3 cm³/mol. The number of nitrogens with zero attached hydrogens (tertiary/aromatic N) is 1. The molecule has 0 fully saturated rings. The van der Waals surface area contributed by atoms with Crippen molar-refractivity contribution in [3.63, 3.8) is 0 Å². The van der Waals surface area contributed by atoms with Crippen molar-refractivity contribution in [1.82, 2.24) is 4.90 Å². The van der Waals surface area contributed by atoms with Gasteiger partial charge in [-0.1, -0.05) is 45.4 Å². The first-order valence-electron chi connectivity index (χ1n) is 7.18. The minimum atomic E-state index is 0.187. The van der Waals surface area contributed by atoms with Crippen molar-refractivity contribution in [1.29, 1.82) is 0 Å². The average Bonchev–Trinajstić information content (AvgIpc) is 2.29. The molecule has 0 heterocycles. The second-order valence-corrected chi connectivity index (χ2v) is 6.79. The van der Waals surface area contributed by atoms with Crippen molar-refractivity contribution in [3.05, 3.63) is 34.4 Å². The minimum absolute atomic E-state index is 0.187. The molecular weight excluding hydrogens is 254 g/mol. The summed E-state index contributed by atoms with van der Waals surface area (Å²) in [6, 6.07) is 4.63. The third-order valence-electron chi connectivity index (χ3n) is 3.66. The van der Waals surface area contributed by atoms with E-state index in [1.165, 1.54) is 22.3 Å². The van der Waals surface area contributed by atoms with Crippen LogP contribution in [0.25, 0.3) is 0 Å². The third-order valence-corrected chi connectivity index (χ3v) is 3.82. The van der Waals surface area contributed by atoms with E-state index in [0.717, 1.165) is 19.6 Å². The average molecular weight is 282 g/mol. The molecule has 0 saturated heterocycles. The number of hydrogen-bond acceptors (Lipinski definition) is 1. The highest BCUT2D eigenvalue weighted by molar-refractivity contribution is 6.18. The standard InChI is InChI=1S/C17H28ClN/c1-7-19(9-8-18)12-15-14(3)10-13(2)11-16(15)17(4,5)6/h10-11H,7-9,12H2,1-6H3. The molecule has 0 amide bonds. The van der Waals surface area contributed by atoms with Crippen molar-refractivity contribution >= 4 is 11.6 Å². The molecule has 0 unspecified atom stereocenters. The Labute approximate surface area is 124 Å². The largest absolute Gasteiger partial charge is 0.298 e. The van der Waals surface area contributed by atoms with Crippen molar-refractivity contribution in [3.8, 4) is 0 Å². The van der Waals surface area contributed by atoms with Gasteiger partial charge in [0, 0.05) is 19.0 Å². The van der Waals surface area contributed by atoms with Crippen LogP contribution in [0.2, 0.25) is 0 Å². The number of benzene rings is 1. The van der Waals surface area contributed by atoms with Gasteiger partial charge in [-0.15, -0.1) is 11.6 Å². The van der Waals surface area contributed by atoms with Gasteiger partial charge in [-0.2, -0.15) is 0 Å². The lowest BCUT2D eigenvalue weighted by Gasteiger charge is -2.28. The number of hydrogen-bond donors (Lipinski definition) is 0. The van der Waals surface area contributed by atoms with Gasteiger partial charge in [-0.3, -0.25) is 4.90 Å². The molecule has 0 N–H and O–H groups in total. The summed E-state index contributed by atoms with van der Waals surface area (Å²) >= 11 is 5.89. The molecule has 1 nitrogen and oxygen atoms in total. The van der Waals surface area contributed by atoms with Crippen molar-refractivity contribution < 1.29 is 0 Å². The molecule has 0 aliphatic rings. The van der Waals surface area contributed by atoms with E-state index in [4.69, 9.17) is 11.6 Å². The van der Waals surface area contributed by atoms with Gasteiger partial charge in [-0.05, 0) is 42.5 Å². The summed E-state index contributed by atoms with van der Waals surface area (Å²) in [6.45, 7) is 16.5. The molecule has 0 aliphatic carbocycles. The molecule has 1 rings (SSSR count). The normalized spacial score (nSPS) is 12.2. The fourth-order valence-corrected chi connectivity index (χ4v) is 2.81. The van der Waals surface area contributed by atoms with Crippen molar-refractivity contribution in [2.75, 3.05) is 19.0 Å². The maximum absolute atomic E-state index is 5.89. The first kappa shape index (κ1) is 16.5. The molecule has 0 aliphatic heterocycles. The number of halogens is 1. The highest BCUT2D eigenvalue weighted by atomic mass is 35.5. The van der Waals surface area contributed by atoms with E-state index in [2.05, 4.69) is 58.6 Å². The van der Waals surface area contributed by atoms with Crippen molar-refractivity contribution in [2.45, 2.75) is 53.5 Å². The fraction of sp³-hybridized carbons (Fsp3) is 0.647. The van der Waals surface area contributed by atoms with E-state index in [9.17, 15) is 0 Å². The van der Waals surface area contributed by atoms with Crippen LogP contribution in [0, 0.1) is 13.8 Å². The predicted octanol–water partition coefficient (Wildman–Crippen LogP) is 4.66. The van der Waals surface area contributed by atoms with Gasteiger partial charge in [0.05, 0.1) is 0 Å². The smallest absolute Gasteiger partial charge is 0.0351 e. The molecule has 108 valence electrons. The molecule has 2 heteroatoms. The summed E-state index contributed by atoms with van der Waals surface area (Å²) in [7, 11) is 0. The topological polar surface area (TPSA) is 3.24 Å². The van der Waals surface area contributed by atoms with Crippen LogP contribution in [0.3, 0.4) is 0 Å². The maximum Gasteiger partial charge on any atom is 0.0351 e. The van der Waals surface area contributed by atoms with Crippen LogP contribution >= 0.6 is 11.6 Å². The first-order valence-corrected chi connectivity index (χ1v) is 7.72. The zero-order valence-corrected chi connectivity index (χ0v) is 14.1. The lowest BCUT2D eigenvalue weighted by Crippen LogP contribution is -2.27. The van der Waals surface area contributed by atoms with E-state index in [1.54, 1.807) is 0 Å². The molecule has 0 radical (unpaired) electrons. The Kier molecular flexibility index (Phi) is 5.88. The van der Waals surface area contributed by atoms with E-state index < -0.39 is 0 Å². The number of alkyl halides is 1. The SMILES string of the molecule is CCN(CCCl)Cc1c(C)cc(C)cc1C(C)(C)C. The molecule has 19 heavy (non-hydrogen) atoms. The molecular formula is C17H28ClN. The van der Waals surface area contributed by atoms with E-state index in [1.807, 2.05) is 0 Å². The van der Waals surface area contributed by atoms with Gasteiger partial charge in [0.2, 0.25) is 0 Å². The summed E-state index contributed by atoms with van der Waals surface area (Å²) < 4.78 is 0. The molecule has 0 saturated carbocycles. The molecule has 0 bridgehead atoms. The molecule has 0 spiro atoms. The number of aryl methyl sites for hydroxylation is 2. The lowest BCUT2D eigenvalue weighted by molar-refractivity contribution is 0.294. The molecule has 1 aromatic carbocycles. The van der Waals surface area contributed by atoms with E-state index in [0.29, 0.717) is 5.88 Å². The summed E-state index contributed by atoms with van der Waals surface area (Å²) in [5.41, 5.74) is 5.89. The lowest BCUT2D eigenvalue weighted by atomic mass is 9.81. The third kappa shape index (κ3) is 4.50. The second-order valence-electron chi connectivity index (χ2n) is 6.42. The minimum Gasteiger partial charge on any atom is -0.298 e. The Morgan fingerprint density at radius 3 is 2.26 bits per heavy atom. The van der Waals surface area contributed by atoms with E-state index >= 15 is 0 Å². The van der Waals surface area contributed by atoms with Crippen LogP contribution in [0.15, 0.2) is 12.1 Å². The Bertz CT molecular complexity index is 418. The van der Waals surface area contributed by atoms with Crippen molar-refractivity contribution in [2.24, 2.45) is 0 Å². The van der Waals surface area contributed by atoms with E-state index in [-0.39, 0.29) is 5.41 Å². The Hall–Kier alpha value is -0.530. The highest BCUT2D eigenvalue weighted by Crippen LogP contribution is 2.30. The van der Waals surface area contributed by atoms with Crippen LogP contribution in [0.4, 0.5) is 0 Å². The van der Waals surface area contributed by atoms with Crippen LogP contribution < -0.4 is 0 Å². The summed E-state index contributed by atoms with van der Waals surface area (Å²) in [6.07, 6.45) is 0. The quantitative estimate of drug-likeness (QED) is 0.710. The fourth-order valence-electron chi connectivity index (χ4n) is 2.57. The number of rotatable bonds is 5. The van der Waals surface area contributed by atoms with Gasteiger partial charge in [0.25, 0.3) is 0 Å². The van der Waals surface area contributed by atoms with Crippen LogP contribution in [0.1, 0.15) is 49.9 Å². The van der Waals surface area contributed by atoms with Gasteiger partial charge in [-0.25, -0.2) is 0 Å². The molecule has 1 aromatic rings. The Morgan fingerprint density at radius 2 is 1.79 bits per heavy atom. The van der Waals surface area contributed by atoms with Gasteiger partial charge < -0.3 is 0 Å². The highest BCUT2D eigenvalue weighted by Gasteiger charge is 2.20. The summed E-state index contributed by atoms with van der Waals surface area (Å²) in [5.74, 6) is 0.698. The summed E-state index contributed by atoms with van der Waals surface area (Å²) in [4.78, 5) is 2.42. The second kappa shape index (κ2) is 6.76. The first-order chi connectivity index (χ1) is 8.79. The van der Waals surface area contributed by atoms with Gasteiger partial charge >= 0.3 is 0 Å². The van der Waals surface area contributed by atoms with Gasteiger partial charge in [0.1, 0.15) is 0 Å². The molecule has 0 atom stereocenters. The van der Waals surface area contributed by atoms with Crippen LogP contribution in [-0.2, 0) is 12.0 Å². The summed E-state index contributed by atoms with van der Waals surface area (Å²) in [5, 5.41) is 0. The van der Waals surface area contributed by atoms with Gasteiger partial charge in [0.15, 0.2) is 0 Å². The Morgan fingerprint density at radius 1 is 1.16 bits per heavy atom. The van der Waals surface area contributed by atoms with Crippen LogP contribution in [-0.4, -0.2) is 23.9 Å². The molecule has 0 aromatic heterocycles. The monoisotopic (exact) mass is 281 g/mol. The zero-order chi connectivity index (χ0) is 14.6.